The van der Waals surface area contributed by atoms with Crippen LogP contribution < -0.4 is 14.5 Å². The molecule has 3 rings (SSSR count). The summed E-state index contributed by atoms with van der Waals surface area (Å²) in [6.45, 7) is 1.83. The lowest BCUT2D eigenvalue weighted by Gasteiger charge is -2.24. The van der Waals surface area contributed by atoms with Crippen molar-refractivity contribution >= 4 is 39.4 Å². The minimum atomic E-state index is -4.06. The van der Waals surface area contributed by atoms with Gasteiger partial charge in [0, 0.05) is 5.02 Å². The summed E-state index contributed by atoms with van der Waals surface area (Å²) in [7, 11) is -4.06. The van der Waals surface area contributed by atoms with E-state index in [1.165, 1.54) is 36.7 Å². The highest BCUT2D eigenvalue weighted by Gasteiger charge is 2.27. The van der Waals surface area contributed by atoms with Gasteiger partial charge in [-0.1, -0.05) is 11.6 Å². The molecule has 1 aromatic heterocycles. The largest absolute Gasteiger partial charge is 0.494 e. The van der Waals surface area contributed by atoms with Gasteiger partial charge in [0.05, 0.1) is 29.7 Å². The number of nitrogens with one attached hydrogen (secondary N) is 1. The summed E-state index contributed by atoms with van der Waals surface area (Å²) < 4.78 is 38.0. The molecule has 1 amide bonds. The van der Waals surface area contributed by atoms with E-state index in [-0.39, 0.29) is 4.90 Å². The van der Waals surface area contributed by atoms with E-state index in [1.807, 2.05) is 6.92 Å². The van der Waals surface area contributed by atoms with Crippen LogP contribution in [0.3, 0.4) is 0 Å². The zero-order chi connectivity index (χ0) is 22.3. The van der Waals surface area contributed by atoms with Crippen LogP contribution in [0.5, 0.6) is 5.75 Å². The molecule has 3 aromatic rings. The topological polar surface area (TPSA) is 101 Å². The second kappa shape index (κ2) is 10.1. The predicted molar refractivity (Wildman–Crippen MR) is 118 cm³/mol. The molecule has 0 saturated heterocycles. The normalized spacial score (nSPS) is 11.4. The fraction of sp³-hybridized carbons (Fsp3) is 0.143. The first kappa shape index (κ1) is 22.4. The number of carbonyl (C=O) groups is 1. The molecule has 1 N–H and O–H groups in total. The van der Waals surface area contributed by atoms with E-state index in [0.29, 0.717) is 28.8 Å². The average Bonchev–Trinajstić information content (AvgIpc) is 3.27. The van der Waals surface area contributed by atoms with E-state index in [2.05, 4.69) is 10.5 Å². The predicted octanol–water partition coefficient (Wildman–Crippen LogP) is 3.68. The lowest BCUT2D eigenvalue weighted by atomic mass is 10.3. The smallest absolute Gasteiger partial charge is 0.264 e. The van der Waals surface area contributed by atoms with Gasteiger partial charge in [-0.15, -0.1) is 0 Å². The number of furan rings is 1. The second-order valence-electron chi connectivity index (χ2n) is 6.20. The van der Waals surface area contributed by atoms with E-state index in [0.717, 1.165) is 4.31 Å². The molecule has 0 spiro atoms. The van der Waals surface area contributed by atoms with Crippen molar-refractivity contribution in [3.63, 3.8) is 0 Å². The third kappa shape index (κ3) is 5.87. The van der Waals surface area contributed by atoms with Gasteiger partial charge in [-0.05, 0) is 67.6 Å². The van der Waals surface area contributed by atoms with Gasteiger partial charge in [0.15, 0.2) is 0 Å². The molecular formula is C21H20ClN3O5S. The number of halogens is 1. The van der Waals surface area contributed by atoms with Gasteiger partial charge in [-0.3, -0.25) is 9.10 Å². The molecule has 0 radical (unpaired) electrons. The molecule has 0 aliphatic rings. The van der Waals surface area contributed by atoms with Crippen LogP contribution in [-0.2, 0) is 14.8 Å². The van der Waals surface area contributed by atoms with Gasteiger partial charge in [0.1, 0.15) is 18.1 Å². The molecule has 0 unspecified atom stereocenters. The Morgan fingerprint density at radius 1 is 1.16 bits per heavy atom. The van der Waals surface area contributed by atoms with Gasteiger partial charge in [0.2, 0.25) is 0 Å². The Morgan fingerprint density at radius 3 is 2.48 bits per heavy atom. The third-order valence-corrected chi connectivity index (χ3v) is 6.09. The SMILES string of the molecule is CCOc1ccc(N(CC(=O)NN=Cc2ccco2)S(=O)(=O)c2ccc(Cl)cc2)cc1. The Hall–Kier alpha value is -3.30. The molecule has 8 nitrogen and oxygen atoms in total. The van der Waals surface area contributed by atoms with Crippen molar-refractivity contribution in [3.8, 4) is 5.75 Å². The molecule has 2 aromatic carbocycles. The fourth-order valence-corrected chi connectivity index (χ4v) is 4.17. The third-order valence-electron chi connectivity index (χ3n) is 4.05. The number of carbonyl (C=O) groups excluding carboxylic acids is 1. The van der Waals surface area contributed by atoms with Crippen molar-refractivity contribution in [3.05, 3.63) is 77.7 Å². The van der Waals surface area contributed by atoms with Gasteiger partial charge in [-0.25, -0.2) is 13.8 Å². The summed E-state index contributed by atoms with van der Waals surface area (Å²) in [6, 6.07) is 15.4. The van der Waals surface area contributed by atoms with E-state index in [1.54, 1.807) is 36.4 Å². The number of nitrogens with zero attached hydrogens (tertiary/aromatic N) is 2. The van der Waals surface area contributed by atoms with Crippen LogP contribution in [0.4, 0.5) is 5.69 Å². The van der Waals surface area contributed by atoms with Gasteiger partial charge in [-0.2, -0.15) is 5.10 Å². The highest BCUT2D eigenvalue weighted by atomic mass is 35.5. The molecule has 31 heavy (non-hydrogen) atoms. The first-order chi connectivity index (χ1) is 14.9. The molecule has 0 aliphatic carbocycles. The summed E-state index contributed by atoms with van der Waals surface area (Å²) in [4.78, 5) is 12.4. The number of hydrogen-bond donors (Lipinski definition) is 1. The van der Waals surface area contributed by atoms with Crippen molar-refractivity contribution in [1.82, 2.24) is 5.43 Å². The Kier molecular flexibility index (Phi) is 7.32. The number of sulfonamides is 1. The second-order valence-corrected chi connectivity index (χ2v) is 8.50. The monoisotopic (exact) mass is 461 g/mol. The summed E-state index contributed by atoms with van der Waals surface area (Å²) >= 11 is 5.88. The van der Waals surface area contributed by atoms with E-state index >= 15 is 0 Å². The maximum Gasteiger partial charge on any atom is 0.264 e. The summed E-state index contributed by atoms with van der Waals surface area (Å²) in [5, 5.41) is 4.19. The number of hydrogen-bond acceptors (Lipinski definition) is 6. The van der Waals surface area contributed by atoms with Crippen LogP contribution in [0.2, 0.25) is 5.02 Å². The van der Waals surface area contributed by atoms with E-state index < -0.39 is 22.5 Å². The van der Waals surface area contributed by atoms with Crippen molar-refractivity contribution in [1.29, 1.82) is 0 Å². The summed E-state index contributed by atoms with van der Waals surface area (Å²) in [5.41, 5.74) is 2.60. The Labute approximate surface area is 185 Å². The van der Waals surface area contributed by atoms with Gasteiger partial charge >= 0.3 is 0 Å². The maximum atomic E-state index is 13.3. The molecule has 0 aliphatic heterocycles. The summed E-state index contributed by atoms with van der Waals surface area (Å²) in [6.07, 6.45) is 2.78. The highest BCUT2D eigenvalue weighted by molar-refractivity contribution is 7.92. The van der Waals surface area contributed by atoms with Crippen LogP contribution in [0, 0.1) is 0 Å². The maximum absolute atomic E-state index is 13.3. The van der Waals surface area contributed by atoms with Crippen LogP contribution in [0.1, 0.15) is 12.7 Å². The lowest BCUT2D eigenvalue weighted by molar-refractivity contribution is -0.119. The number of benzene rings is 2. The fourth-order valence-electron chi connectivity index (χ4n) is 2.62. The van der Waals surface area contributed by atoms with Crippen LogP contribution in [-0.4, -0.2) is 33.7 Å². The Balaban J connectivity index is 1.86. The number of hydrazone groups is 1. The van der Waals surface area contributed by atoms with Gasteiger partial charge in [0.25, 0.3) is 15.9 Å². The average molecular weight is 462 g/mol. The highest BCUT2D eigenvalue weighted by Crippen LogP contribution is 2.26. The molecular weight excluding hydrogens is 442 g/mol. The Bertz CT molecular complexity index is 1130. The minimum Gasteiger partial charge on any atom is -0.494 e. The number of amides is 1. The lowest BCUT2D eigenvalue weighted by Crippen LogP contribution is -2.39. The van der Waals surface area contributed by atoms with Crippen molar-refractivity contribution in [2.75, 3.05) is 17.5 Å². The van der Waals surface area contributed by atoms with Crippen molar-refractivity contribution < 1.29 is 22.4 Å². The van der Waals surface area contributed by atoms with Crippen molar-refractivity contribution in [2.45, 2.75) is 11.8 Å². The number of anilines is 1. The zero-order valence-corrected chi connectivity index (χ0v) is 18.1. The Morgan fingerprint density at radius 2 is 1.87 bits per heavy atom. The molecule has 0 fully saturated rings. The minimum absolute atomic E-state index is 0.00216. The van der Waals surface area contributed by atoms with Crippen LogP contribution >= 0.6 is 11.6 Å². The number of ether oxygens (including phenoxy) is 1. The van der Waals surface area contributed by atoms with E-state index in [9.17, 15) is 13.2 Å². The van der Waals surface area contributed by atoms with Crippen LogP contribution in [0.15, 0.2) is 81.3 Å². The molecule has 0 bridgehead atoms. The standard InChI is InChI=1S/C21H20ClN3O5S/c1-2-29-18-9-7-17(8-10-18)25(31(27,28)20-11-5-16(22)6-12-20)15-21(26)24-23-14-19-4-3-13-30-19/h3-14H,2,15H2,1H3,(H,24,26). The molecule has 162 valence electrons. The molecule has 10 heteroatoms. The summed E-state index contributed by atoms with van der Waals surface area (Å²) in [5.74, 6) is 0.397. The quantitative estimate of drug-likeness (QED) is 0.387. The first-order valence-corrected chi connectivity index (χ1v) is 11.1. The molecule has 0 atom stereocenters. The van der Waals surface area contributed by atoms with Gasteiger partial charge < -0.3 is 9.15 Å². The number of rotatable bonds is 9. The zero-order valence-electron chi connectivity index (χ0n) is 16.6. The molecule has 1 heterocycles. The van der Waals surface area contributed by atoms with Crippen molar-refractivity contribution in [2.24, 2.45) is 5.10 Å². The van der Waals surface area contributed by atoms with Crippen LogP contribution in [0.25, 0.3) is 0 Å². The first-order valence-electron chi connectivity index (χ1n) is 9.26. The van der Waals surface area contributed by atoms with E-state index in [4.69, 9.17) is 20.8 Å². The molecule has 0 saturated carbocycles.